The normalized spacial score (nSPS) is 35.2. The summed E-state index contributed by atoms with van der Waals surface area (Å²) in [4.78, 5) is 0. The molecule has 0 amide bonds. The first-order valence-electron chi connectivity index (χ1n) is 4.26. The van der Waals surface area contributed by atoms with Crippen molar-refractivity contribution >= 4 is 0 Å². The fraction of sp³-hybridized carbons (Fsp3) is 1.00. The Kier molecular flexibility index (Phi) is 2.01. The smallest absolute Gasteiger partial charge is 0.113 e. The van der Waals surface area contributed by atoms with Gasteiger partial charge in [-0.25, -0.2) is 0 Å². The molecule has 0 saturated carbocycles. The second kappa shape index (κ2) is 2.46. The van der Waals surface area contributed by atoms with E-state index >= 15 is 0 Å². The van der Waals surface area contributed by atoms with Gasteiger partial charge in [-0.2, -0.15) is 0 Å². The van der Waals surface area contributed by atoms with Crippen molar-refractivity contribution in [2.24, 2.45) is 5.41 Å². The summed E-state index contributed by atoms with van der Waals surface area (Å²) in [5.41, 5.74) is 0.116. The van der Waals surface area contributed by atoms with E-state index in [9.17, 15) is 0 Å². The third-order valence-corrected chi connectivity index (χ3v) is 2.54. The zero-order valence-electron chi connectivity index (χ0n) is 8.19. The van der Waals surface area contributed by atoms with E-state index in [-0.39, 0.29) is 11.1 Å². The largest absolute Gasteiger partial charge is 0.358 e. The fourth-order valence-electron chi connectivity index (χ4n) is 1.23. The van der Waals surface area contributed by atoms with Crippen molar-refractivity contribution < 1.29 is 4.74 Å². The molecular formula is C9H19NO. The van der Waals surface area contributed by atoms with Gasteiger partial charge in [0.15, 0.2) is 0 Å². The lowest BCUT2D eigenvalue weighted by Crippen LogP contribution is -2.57. The minimum Gasteiger partial charge on any atom is -0.358 e. The molecule has 0 spiro atoms. The molecule has 1 heterocycles. The Morgan fingerprint density at radius 1 is 1.27 bits per heavy atom. The molecule has 1 saturated heterocycles. The van der Waals surface area contributed by atoms with Gasteiger partial charge in [0.25, 0.3) is 0 Å². The molecule has 0 aromatic heterocycles. The summed E-state index contributed by atoms with van der Waals surface area (Å²) in [6, 6.07) is 0. The first kappa shape index (κ1) is 9.01. The van der Waals surface area contributed by atoms with Crippen molar-refractivity contribution in [3.8, 4) is 0 Å². The highest BCUT2D eigenvalue weighted by atomic mass is 16.5. The molecule has 0 aromatic carbocycles. The molecule has 1 N–H and O–H groups in total. The molecule has 1 fully saturated rings. The van der Waals surface area contributed by atoms with Gasteiger partial charge in [-0.1, -0.05) is 13.8 Å². The van der Waals surface area contributed by atoms with E-state index in [1.807, 2.05) is 0 Å². The summed E-state index contributed by atoms with van der Waals surface area (Å²) < 4.78 is 5.78. The van der Waals surface area contributed by atoms with Crippen LogP contribution in [0.3, 0.4) is 0 Å². The van der Waals surface area contributed by atoms with Gasteiger partial charge in [0.1, 0.15) is 5.72 Å². The average molecular weight is 157 g/mol. The van der Waals surface area contributed by atoms with E-state index < -0.39 is 0 Å². The van der Waals surface area contributed by atoms with E-state index in [1.165, 1.54) is 0 Å². The average Bonchev–Trinajstić information content (AvgIpc) is 1.81. The van der Waals surface area contributed by atoms with Gasteiger partial charge >= 0.3 is 0 Å². The molecule has 2 heteroatoms. The van der Waals surface area contributed by atoms with Crippen molar-refractivity contribution in [3.05, 3.63) is 0 Å². The molecule has 0 aromatic rings. The van der Waals surface area contributed by atoms with Crippen LogP contribution in [0.2, 0.25) is 0 Å². The van der Waals surface area contributed by atoms with Gasteiger partial charge in [-0.3, -0.25) is 5.32 Å². The Bertz CT molecular complexity index is 152. The number of hydrogen-bond acceptors (Lipinski definition) is 2. The van der Waals surface area contributed by atoms with Crippen LogP contribution < -0.4 is 5.32 Å². The van der Waals surface area contributed by atoms with Crippen LogP contribution in [0.25, 0.3) is 0 Å². The quantitative estimate of drug-likeness (QED) is 0.578. The van der Waals surface area contributed by atoms with Gasteiger partial charge in [0.05, 0.1) is 6.10 Å². The molecule has 0 aliphatic carbocycles. The van der Waals surface area contributed by atoms with Crippen LogP contribution >= 0.6 is 0 Å². The summed E-state index contributed by atoms with van der Waals surface area (Å²) in [6.45, 7) is 11.8. The maximum absolute atomic E-state index is 5.78. The zero-order valence-corrected chi connectivity index (χ0v) is 8.19. The molecule has 1 unspecified atom stereocenters. The summed E-state index contributed by atoms with van der Waals surface area (Å²) in [6.07, 6.45) is 0.332. The Balaban J connectivity index is 2.63. The van der Waals surface area contributed by atoms with Crippen LogP contribution in [0.5, 0.6) is 0 Å². The Morgan fingerprint density at radius 3 is 2.18 bits per heavy atom. The SMILES string of the molecule is CC1OC(C)(C)NCC1(C)C. The summed E-state index contributed by atoms with van der Waals surface area (Å²) in [5.74, 6) is 0. The maximum atomic E-state index is 5.78. The third-order valence-electron chi connectivity index (χ3n) is 2.54. The van der Waals surface area contributed by atoms with Crippen molar-refractivity contribution in [2.75, 3.05) is 6.54 Å². The third kappa shape index (κ3) is 1.94. The van der Waals surface area contributed by atoms with E-state index in [1.54, 1.807) is 0 Å². The second-order valence-electron chi connectivity index (χ2n) is 4.61. The number of rotatable bonds is 0. The van der Waals surface area contributed by atoms with Crippen molar-refractivity contribution in [1.82, 2.24) is 5.32 Å². The predicted molar refractivity (Wildman–Crippen MR) is 46.4 cm³/mol. The minimum absolute atomic E-state index is 0.144. The molecule has 1 atom stereocenters. The molecule has 1 rings (SSSR count). The Hall–Kier alpha value is -0.0800. The predicted octanol–water partition coefficient (Wildman–Crippen LogP) is 1.76. The van der Waals surface area contributed by atoms with Crippen LogP contribution in [0.1, 0.15) is 34.6 Å². The van der Waals surface area contributed by atoms with E-state index in [4.69, 9.17) is 4.74 Å². The first-order chi connectivity index (χ1) is 4.83. The van der Waals surface area contributed by atoms with Crippen LogP contribution in [0.15, 0.2) is 0 Å². The molecule has 0 bridgehead atoms. The molecule has 66 valence electrons. The number of ether oxygens (including phenoxy) is 1. The lowest BCUT2D eigenvalue weighted by molar-refractivity contribution is -0.163. The topological polar surface area (TPSA) is 21.3 Å². The molecule has 2 nitrogen and oxygen atoms in total. The van der Waals surface area contributed by atoms with E-state index in [2.05, 4.69) is 39.9 Å². The molecule has 0 radical (unpaired) electrons. The van der Waals surface area contributed by atoms with Crippen LogP contribution in [0, 0.1) is 5.41 Å². The van der Waals surface area contributed by atoms with Gasteiger partial charge in [0, 0.05) is 12.0 Å². The van der Waals surface area contributed by atoms with Crippen molar-refractivity contribution in [3.63, 3.8) is 0 Å². The standard InChI is InChI=1S/C9H19NO/c1-7-8(2,3)6-10-9(4,5)11-7/h7,10H,6H2,1-5H3. The maximum Gasteiger partial charge on any atom is 0.113 e. The van der Waals surface area contributed by atoms with E-state index in [0.29, 0.717) is 6.10 Å². The first-order valence-corrected chi connectivity index (χ1v) is 4.26. The van der Waals surface area contributed by atoms with Gasteiger partial charge in [-0.05, 0) is 20.8 Å². The highest BCUT2D eigenvalue weighted by Crippen LogP contribution is 2.30. The highest BCUT2D eigenvalue weighted by Gasteiger charge is 2.37. The van der Waals surface area contributed by atoms with Crippen molar-refractivity contribution in [1.29, 1.82) is 0 Å². The molecule has 1 aliphatic rings. The summed E-state index contributed by atoms with van der Waals surface area (Å²) in [5, 5.41) is 3.36. The van der Waals surface area contributed by atoms with Crippen molar-refractivity contribution in [2.45, 2.75) is 46.4 Å². The second-order valence-corrected chi connectivity index (χ2v) is 4.61. The Morgan fingerprint density at radius 2 is 1.82 bits per heavy atom. The minimum atomic E-state index is -0.144. The number of nitrogens with one attached hydrogen (secondary N) is 1. The lowest BCUT2D eigenvalue weighted by Gasteiger charge is -2.45. The molecular weight excluding hydrogens is 138 g/mol. The number of hydrogen-bond donors (Lipinski definition) is 1. The monoisotopic (exact) mass is 157 g/mol. The lowest BCUT2D eigenvalue weighted by atomic mass is 9.85. The fourth-order valence-corrected chi connectivity index (χ4v) is 1.23. The van der Waals surface area contributed by atoms with Gasteiger partial charge in [-0.15, -0.1) is 0 Å². The van der Waals surface area contributed by atoms with Gasteiger partial charge < -0.3 is 4.74 Å². The summed E-state index contributed by atoms with van der Waals surface area (Å²) >= 11 is 0. The van der Waals surface area contributed by atoms with E-state index in [0.717, 1.165) is 6.54 Å². The van der Waals surface area contributed by atoms with Crippen LogP contribution in [-0.4, -0.2) is 18.4 Å². The molecule has 11 heavy (non-hydrogen) atoms. The Labute approximate surface area is 69.3 Å². The summed E-state index contributed by atoms with van der Waals surface area (Å²) in [7, 11) is 0. The zero-order chi connectivity index (χ0) is 8.70. The van der Waals surface area contributed by atoms with Crippen LogP contribution in [-0.2, 0) is 4.74 Å². The highest BCUT2D eigenvalue weighted by molar-refractivity contribution is 4.87. The van der Waals surface area contributed by atoms with Crippen LogP contribution in [0.4, 0.5) is 0 Å². The molecule has 1 aliphatic heterocycles. The van der Waals surface area contributed by atoms with Gasteiger partial charge in [0.2, 0.25) is 0 Å².